The summed E-state index contributed by atoms with van der Waals surface area (Å²) in [6, 6.07) is 24.1. The zero-order chi connectivity index (χ0) is 34.3. The van der Waals surface area contributed by atoms with E-state index in [4.69, 9.17) is 34.8 Å². The number of nitrogens with one attached hydrogen (secondary N) is 1. The molecular formula is C36H35Cl3FN3O4S. The third-order valence-corrected chi connectivity index (χ3v) is 11.2. The molecule has 0 radical (unpaired) electrons. The van der Waals surface area contributed by atoms with Crippen LogP contribution < -0.4 is 9.62 Å². The highest BCUT2D eigenvalue weighted by molar-refractivity contribution is 7.92. The lowest BCUT2D eigenvalue weighted by atomic mass is 9.94. The number of hydrogen-bond acceptors (Lipinski definition) is 4. The average Bonchev–Trinajstić information content (AvgIpc) is 3.08. The van der Waals surface area contributed by atoms with E-state index in [2.05, 4.69) is 5.32 Å². The Balaban J connectivity index is 1.60. The van der Waals surface area contributed by atoms with Crippen LogP contribution in [0.25, 0.3) is 0 Å². The van der Waals surface area contributed by atoms with Crippen molar-refractivity contribution < 1.29 is 22.4 Å². The normalized spacial score (nSPS) is 14.2. The van der Waals surface area contributed by atoms with E-state index in [9.17, 15) is 22.4 Å². The Labute approximate surface area is 295 Å². The summed E-state index contributed by atoms with van der Waals surface area (Å²) in [7, 11) is -4.38. The summed E-state index contributed by atoms with van der Waals surface area (Å²) in [5.74, 6) is -1.82. The van der Waals surface area contributed by atoms with E-state index in [0.29, 0.717) is 5.56 Å². The molecule has 1 aliphatic rings. The minimum atomic E-state index is -4.38. The Morgan fingerprint density at radius 2 is 1.44 bits per heavy atom. The van der Waals surface area contributed by atoms with Gasteiger partial charge >= 0.3 is 0 Å². The molecule has 252 valence electrons. The first-order chi connectivity index (χ1) is 23.0. The fraction of sp³-hybridized carbons (Fsp3) is 0.278. The van der Waals surface area contributed by atoms with Crippen molar-refractivity contribution in [3.05, 3.63) is 129 Å². The molecule has 0 unspecified atom stereocenters. The molecule has 4 aromatic rings. The minimum Gasteiger partial charge on any atom is -0.352 e. The molecule has 2 amide bonds. The predicted octanol–water partition coefficient (Wildman–Crippen LogP) is 8.07. The lowest BCUT2D eigenvalue weighted by Gasteiger charge is -2.35. The lowest BCUT2D eigenvalue weighted by molar-refractivity contribution is -0.140. The maximum absolute atomic E-state index is 14.7. The van der Waals surface area contributed by atoms with Crippen LogP contribution in [-0.2, 0) is 32.6 Å². The standard InChI is InChI=1S/C36H35Cl3FN3O4S/c37-30-17-10-18-31(38)29(30)23-42(34(21-25-11-4-1-5-12-25)36(45)41-26-13-6-2-7-14-26)35(44)24-43(27-19-20-33(40)32(39)22-27)48(46,47)28-15-8-3-9-16-28/h1,3-5,8-12,15-20,22,26,34H,2,6-7,13-14,21,23-24H2,(H,41,45)/t34-/m0/s1. The van der Waals surface area contributed by atoms with Crippen molar-refractivity contribution in [3.63, 3.8) is 0 Å². The fourth-order valence-electron chi connectivity index (χ4n) is 5.84. The van der Waals surface area contributed by atoms with Gasteiger partial charge in [-0.1, -0.05) is 109 Å². The summed E-state index contributed by atoms with van der Waals surface area (Å²) in [6.07, 6.45) is 4.85. The van der Waals surface area contributed by atoms with Gasteiger partial charge in [-0.2, -0.15) is 0 Å². The van der Waals surface area contributed by atoms with E-state index >= 15 is 0 Å². The van der Waals surface area contributed by atoms with E-state index in [1.54, 1.807) is 36.4 Å². The molecule has 0 aliphatic heterocycles. The Morgan fingerprint density at radius 1 is 0.812 bits per heavy atom. The van der Waals surface area contributed by atoms with Gasteiger partial charge in [0.05, 0.1) is 15.6 Å². The van der Waals surface area contributed by atoms with E-state index in [1.165, 1.54) is 23.1 Å². The van der Waals surface area contributed by atoms with Crippen LogP contribution in [0, 0.1) is 5.82 Å². The minimum absolute atomic E-state index is 0.0272. The molecule has 1 aliphatic carbocycles. The van der Waals surface area contributed by atoms with Crippen LogP contribution in [-0.4, -0.2) is 43.8 Å². The third-order valence-electron chi connectivity index (χ3n) is 8.41. The van der Waals surface area contributed by atoms with E-state index in [1.807, 2.05) is 30.3 Å². The van der Waals surface area contributed by atoms with Crippen LogP contribution in [0.2, 0.25) is 15.1 Å². The van der Waals surface area contributed by atoms with Gasteiger partial charge in [-0.3, -0.25) is 13.9 Å². The van der Waals surface area contributed by atoms with Crippen LogP contribution in [0.3, 0.4) is 0 Å². The smallest absolute Gasteiger partial charge is 0.264 e. The number of anilines is 1. The van der Waals surface area contributed by atoms with Crippen molar-refractivity contribution in [2.45, 2.75) is 62.0 Å². The summed E-state index contributed by atoms with van der Waals surface area (Å²) < 4.78 is 43.3. The Morgan fingerprint density at radius 3 is 2.06 bits per heavy atom. The SMILES string of the molecule is O=C(NC1CCCCC1)[C@H](Cc1ccccc1)N(Cc1c(Cl)cccc1Cl)C(=O)CN(c1ccc(F)c(Cl)c1)S(=O)(=O)c1ccccc1. The van der Waals surface area contributed by atoms with Crippen molar-refractivity contribution in [2.24, 2.45) is 0 Å². The van der Waals surface area contributed by atoms with Gasteiger partial charge in [-0.05, 0) is 60.9 Å². The summed E-state index contributed by atoms with van der Waals surface area (Å²) in [5.41, 5.74) is 1.17. The molecule has 12 heteroatoms. The highest BCUT2D eigenvalue weighted by Gasteiger charge is 2.36. The molecule has 48 heavy (non-hydrogen) atoms. The van der Waals surface area contributed by atoms with Crippen LogP contribution >= 0.6 is 34.8 Å². The number of rotatable bonds is 12. The van der Waals surface area contributed by atoms with Crippen molar-refractivity contribution in [2.75, 3.05) is 10.8 Å². The van der Waals surface area contributed by atoms with Crippen molar-refractivity contribution in [1.29, 1.82) is 0 Å². The fourth-order valence-corrected chi connectivity index (χ4v) is 7.96. The van der Waals surface area contributed by atoms with E-state index < -0.39 is 34.3 Å². The van der Waals surface area contributed by atoms with Crippen LogP contribution in [0.15, 0.2) is 102 Å². The zero-order valence-electron chi connectivity index (χ0n) is 26.0. The maximum Gasteiger partial charge on any atom is 0.264 e. The quantitative estimate of drug-likeness (QED) is 0.160. The van der Waals surface area contributed by atoms with Gasteiger partial charge in [0.25, 0.3) is 10.0 Å². The molecule has 5 rings (SSSR count). The topological polar surface area (TPSA) is 86.8 Å². The summed E-state index contributed by atoms with van der Waals surface area (Å²) in [4.78, 5) is 30.1. The van der Waals surface area contributed by atoms with Crippen molar-refractivity contribution in [1.82, 2.24) is 10.2 Å². The summed E-state index contributed by atoms with van der Waals surface area (Å²) in [5, 5.41) is 3.40. The summed E-state index contributed by atoms with van der Waals surface area (Å²) in [6.45, 7) is -0.917. The Hall–Kier alpha value is -3.63. The molecular weight excluding hydrogens is 696 g/mol. The number of carbonyl (C=O) groups excluding carboxylic acids is 2. The Kier molecular flexibility index (Phi) is 12.0. The van der Waals surface area contributed by atoms with Gasteiger partial charge in [0.1, 0.15) is 18.4 Å². The Bertz CT molecular complexity index is 1820. The van der Waals surface area contributed by atoms with Gasteiger partial charge in [0.2, 0.25) is 11.8 Å². The molecule has 0 bridgehead atoms. The summed E-state index contributed by atoms with van der Waals surface area (Å²) >= 11 is 19.3. The van der Waals surface area contributed by atoms with Gasteiger partial charge in [0, 0.05) is 34.6 Å². The number of sulfonamides is 1. The molecule has 4 aromatic carbocycles. The largest absolute Gasteiger partial charge is 0.352 e. The van der Waals surface area contributed by atoms with Crippen LogP contribution in [0.4, 0.5) is 10.1 Å². The molecule has 1 saturated carbocycles. The average molecular weight is 731 g/mol. The predicted molar refractivity (Wildman–Crippen MR) is 188 cm³/mol. The third kappa shape index (κ3) is 8.69. The number of halogens is 4. The maximum atomic E-state index is 14.7. The van der Waals surface area contributed by atoms with Gasteiger partial charge in [-0.15, -0.1) is 0 Å². The molecule has 1 atom stereocenters. The zero-order valence-corrected chi connectivity index (χ0v) is 29.1. The number of nitrogens with zero attached hydrogens (tertiary/aromatic N) is 2. The van der Waals surface area contributed by atoms with Gasteiger partial charge in [-0.25, -0.2) is 12.8 Å². The lowest BCUT2D eigenvalue weighted by Crippen LogP contribution is -2.55. The first kappa shape index (κ1) is 35.7. The highest BCUT2D eigenvalue weighted by atomic mass is 35.5. The number of amides is 2. The number of benzene rings is 4. The highest BCUT2D eigenvalue weighted by Crippen LogP contribution is 2.31. The van der Waals surface area contributed by atoms with Gasteiger partial charge in [0.15, 0.2) is 0 Å². The second-order valence-electron chi connectivity index (χ2n) is 11.7. The van der Waals surface area contributed by atoms with Gasteiger partial charge < -0.3 is 10.2 Å². The second-order valence-corrected chi connectivity index (χ2v) is 14.8. The number of hydrogen-bond donors (Lipinski definition) is 1. The van der Waals surface area contributed by atoms with E-state index in [-0.39, 0.29) is 50.6 Å². The molecule has 1 fully saturated rings. The van der Waals surface area contributed by atoms with Crippen LogP contribution in [0.5, 0.6) is 0 Å². The van der Waals surface area contributed by atoms with Crippen molar-refractivity contribution >= 4 is 62.3 Å². The molecule has 1 N–H and O–H groups in total. The molecule has 0 heterocycles. The number of carbonyl (C=O) groups is 2. The van der Waals surface area contributed by atoms with Crippen molar-refractivity contribution in [3.8, 4) is 0 Å². The monoisotopic (exact) mass is 729 g/mol. The first-order valence-corrected chi connectivity index (χ1v) is 18.2. The molecule has 7 nitrogen and oxygen atoms in total. The molecule has 0 aromatic heterocycles. The second kappa shape index (κ2) is 16.2. The van der Waals surface area contributed by atoms with E-state index in [0.717, 1.165) is 54.1 Å². The molecule has 0 saturated heterocycles. The first-order valence-electron chi connectivity index (χ1n) is 15.6. The van der Waals surface area contributed by atoms with Crippen LogP contribution in [0.1, 0.15) is 43.2 Å². The molecule has 0 spiro atoms.